The van der Waals surface area contributed by atoms with Gasteiger partial charge in [0, 0.05) is 17.9 Å². The summed E-state index contributed by atoms with van der Waals surface area (Å²) >= 11 is 3.34. The van der Waals surface area contributed by atoms with Gasteiger partial charge < -0.3 is 4.90 Å². The summed E-state index contributed by atoms with van der Waals surface area (Å²) in [5.74, 6) is -0.785. The average Bonchev–Trinajstić information content (AvgIpc) is 2.27. The number of alkyl halides is 1. The summed E-state index contributed by atoms with van der Waals surface area (Å²) in [6.07, 6.45) is 0. The summed E-state index contributed by atoms with van der Waals surface area (Å²) in [7, 11) is 1.68. The Morgan fingerprint density at radius 1 is 1.44 bits per heavy atom. The standard InChI is InChI=1S/C12H15BrFNO/c1-12(2,8-13)15(3)11(16)9-6-4-5-7-10(9)14/h4-7H,8H2,1-3H3. The van der Waals surface area contributed by atoms with Crippen LogP contribution in [-0.2, 0) is 0 Å². The van der Waals surface area contributed by atoms with Gasteiger partial charge >= 0.3 is 0 Å². The number of benzene rings is 1. The van der Waals surface area contributed by atoms with Crippen LogP contribution in [0.15, 0.2) is 24.3 Å². The molecule has 1 aromatic carbocycles. The molecule has 16 heavy (non-hydrogen) atoms. The van der Waals surface area contributed by atoms with Crippen molar-refractivity contribution < 1.29 is 9.18 Å². The summed E-state index contributed by atoms with van der Waals surface area (Å²) in [6, 6.07) is 6.02. The second kappa shape index (κ2) is 4.95. The average molecular weight is 288 g/mol. The van der Waals surface area contributed by atoms with E-state index in [1.54, 1.807) is 24.1 Å². The Morgan fingerprint density at radius 2 is 2.00 bits per heavy atom. The molecule has 0 heterocycles. The maximum absolute atomic E-state index is 13.4. The normalized spacial score (nSPS) is 11.3. The van der Waals surface area contributed by atoms with Crippen molar-refractivity contribution in [1.29, 1.82) is 0 Å². The van der Waals surface area contributed by atoms with Crippen LogP contribution >= 0.6 is 15.9 Å². The molecule has 0 spiro atoms. The summed E-state index contributed by atoms with van der Waals surface area (Å²) in [5.41, 5.74) is -0.238. The summed E-state index contributed by atoms with van der Waals surface area (Å²) in [4.78, 5) is 13.6. The van der Waals surface area contributed by atoms with Crippen LogP contribution in [0.1, 0.15) is 24.2 Å². The Balaban J connectivity index is 3.00. The zero-order chi connectivity index (χ0) is 12.3. The van der Waals surface area contributed by atoms with Crippen LogP contribution in [0.2, 0.25) is 0 Å². The predicted octanol–water partition coefficient (Wildman–Crippen LogP) is 3.07. The van der Waals surface area contributed by atoms with Gasteiger partial charge in [0.15, 0.2) is 0 Å². The van der Waals surface area contributed by atoms with E-state index in [-0.39, 0.29) is 17.0 Å². The van der Waals surface area contributed by atoms with Gasteiger partial charge in [-0.05, 0) is 26.0 Å². The summed E-state index contributed by atoms with van der Waals surface area (Å²) in [5, 5.41) is 0.636. The largest absolute Gasteiger partial charge is 0.336 e. The Bertz CT molecular complexity index is 392. The molecule has 1 aromatic rings. The van der Waals surface area contributed by atoms with E-state index in [4.69, 9.17) is 0 Å². The highest BCUT2D eigenvalue weighted by molar-refractivity contribution is 9.09. The van der Waals surface area contributed by atoms with Crippen LogP contribution < -0.4 is 0 Å². The Hall–Kier alpha value is -0.900. The third-order valence-electron chi connectivity index (χ3n) is 2.64. The maximum Gasteiger partial charge on any atom is 0.257 e. The molecular formula is C12H15BrFNO. The van der Waals surface area contributed by atoms with Crippen molar-refractivity contribution in [3.8, 4) is 0 Å². The lowest BCUT2D eigenvalue weighted by atomic mass is 10.0. The van der Waals surface area contributed by atoms with E-state index in [2.05, 4.69) is 15.9 Å². The third-order valence-corrected chi connectivity index (χ3v) is 4.02. The van der Waals surface area contributed by atoms with Crippen LogP contribution in [0.3, 0.4) is 0 Å². The van der Waals surface area contributed by atoms with Crippen molar-refractivity contribution in [2.75, 3.05) is 12.4 Å². The number of rotatable bonds is 3. The minimum Gasteiger partial charge on any atom is -0.336 e. The summed E-state index contributed by atoms with van der Waals surface area (Å²) < 4.78 is 13.4. The van der Waals surface area contributed by atoms with Crippen LogP contribution in [0.5, 0.6) is 0 Å². The first kappa shape index (κ1) is 13.2. The van der Waals surface area contributed by atoms with E-state index < -0.39 is 5.82 Å². The molecule has 0 aromatic heterocycles. The highest BCUT2D eigenvalue weighted by atomic mass is 79.9. The van der Waals surface area contributed by atoms with E-state index in [9.17, 15) is 9.18 Å². The molecule has 0 aliphatic heterocycles. The van der Waals surface area contributed by atoms with Crippen LogP contribution in [-0.4, -0.2) is 28.7 Å². The summed E-state index contributed by atoms with van der Waals surface area (Å²) in [6.45, 7) is 3.83. The van der Waals surface area contributed by atoms with Gasteiger partial charge in [-0.3, -0.25) is 4.79 Å². The Labute approximate surface area is 104 Å². The molecule has 0 radical (unpaired) electrons. The van der Waals surface area contributed by atoms with E-state index in [1.165, 1.54) is 12.1 Å². The number of hydrogen-bond donors (Lipinski definition) is 0. The van der Waals surface area contributed by atoms with Gasteiger partial charge in [0.2, 0.25) is 0 Å². The monoisotopic (exact) mass is 287 g/mol. The lowest BCUT2D eigenvalue weighted by Crippen LogP contribution is -2.46. The van der Waals surface area contributed by atoms with Crippen LogP contribution in [0.4, 0.5) is 4.39 Å². The molecule has 0 N–H and O–H groups in total. The minimum atomic E-state index is -0.482. The molecule has 4 heteroatoms. The molecule has 1 rings (SSSR count). The van der Waals surface area contributed by atoms with Crippen LogP contribution in [0.25, 0.3) is 0 Å². The lowest BCUT2D eigenvalue weighted by Gasteiger charge is -2.34. The topological polar surface area (TPSA) is 20.3 Å². The number of nitrogens with zero attached hydrogens (tertiary/aromatic N) is 1. The predicted molar refractivity (Wildman–Crippen MR) is 66.4 cm³/mol. The Morgan fingerprint density at radius 3 is 2.50 bits per heavy atom. The SMILES string of the molecule is CN(C(=O)c1ccccc1F)C(C)(C)CBr. The zero-order valence-electron chi connectivity index (χ0n) is 9.63. The van der Waals surface area contributed by atoms with Crippen molar-refractivity contribution in [1.82, 2.24) is 4.90 Å². The molecular weight excluding hydrogens is 273 g/mol. The third kappa shape index (κ3) is 2.61. The number of hydrogen-bond acceptors (Lipinski definition) is 1. The molecule has 0 saturated heterocycles. The molecule has 0 bridgehead atoms. The number of amides is 1. The highest BCUT2D eigenvalue weighted by Crippen LogP contribution is 2.19. The quantitative estimate of drug-likeness (QED) is 0.783. The fraction of sp³-hybridized carbons (Fsp3) is 0.417. The second-order valence-electron chi connectivity index (χ2n) is 4.29. The maximum atomic E-state index is 13.4. The first-order valence-corrected chi connectivity index (χ1v) is 6.11. The lowest BCUT2D eigenvalue weighted by molar-refractivity contribution is 0.0659. The molecule has 1 amide bonds. The molecule has 0 atom stereocenters. The van der Waals surface area contributed by atoms with Crippen molar-refractivity contribution in [3.63, 3.8) is 0 Å². The zero-order valence-corrected chi connectivity index (χ0v) is 11.2. The van der Waals surface area contributed by atoms with Gasteiger partial charge in [-0.1, -0.05) is 28.1 Å². The van der Waals surface area contributed by atoms with Gasteiger partial charge in [-0.25, -0.2) is 4.39 Å². The number of carbonyl (C=O) groups excluding carboxylic acids is 1. The first-order chi connectivity index (χ1) is 7.40. The van der Waals surface area contributed by atoms with Gasteiger partial charge in [-0.15, -0.1) is 0 Å². The van der Waals surface area contributed by atoms with Crippen molar-refractivity contribution in [2.24, 2.45) is 0 Å². The minimum absolute atomic E-state index is 0.110. The molecule has 0 saturated carbocycles. The number of halogens is 2. The van der Waals surface area contributed by atoms with Gasteiger partial charge in [0.25, 0.3) is 5.91 Å². The van der Waals surface area contributed by atoms with Crippen molar-refractivity contribution in [3.05, 3.63) is 35.6 Å². The van der Waals surface area contributed by atoms with E-state index in [0.29, 0.717) is 5.33 Å². The van der Waals surface area contributed by atoms with Gasteiger partial charge in [0.05, 0.1) is 5.56 Å². The first-order valence-electron chi connectivity index (χ1n) is 4.99. The fourth-order valence-corrected chi connectivity index (χ4v) is 1.56. The molecule has 0 aliphatic rings. The van der Waals surface area contributed by atoms with E-state index >= 15 is 0 Å². The molecule has 0 fully saturated rings. The van der Waals surface area contributed by atoms with Crippen molar-refractivity contribution in [2.45, 2.75) is 19.4 Å². The second-order valence-corrected chi connectivity index (χ2v) is 4.85. The van der Waals surface area contributed by atoms with E-state index in [1.807, 2.05) is 13.8 Å². The molecule has 0 unspecified atom stereocenters. The van der Waals surface area contributed by atoms with Gasteiger partial charge in [-0.2, -0.15) is 0 Å². The van der Waals surface area contributed by atoms with Crippen molar-refractivity contribution >= 4 is 21.8 Å². The smallest absolute Gasteiger partial charge is 0.257 e. The van der Waals surface area contributed by atoms with E-state index in [0.717, 1.165) is 0 Å². The molecule has 0 aliphatic carbocycles. The number of carbonyl (C=O) groups is 1. The molecule has 88 valence electrons. The Kier molecular flexibility index (Phi) is 4.08. The highest BCUT2D eigenvalue weighted by Gasteiger charge is 2.28. The van der Waals surface area contributed by atoms with Gasteiger partial charge in [0.1, 0.15) is 5.82 Å². The fourth-order valence-electron chi connectivity index (χ4n) is 1.18. The van der Waals surface area contributed by atoms with Crippen LogP contribution in [0, 0.1) is 5.82 Å². The molecule has 2 nitrogen and oxygen atoms in total.